The highest BCUT2D eigenvalue weighted by Gasteiger charge is 2.16. The first-order chi connectivity index (χ1) is 15.8. The smallest absolute Gasteiger partial charge is 0.319 e. The number of benzene rings is 2. The Morgan fingerprint density at radius 3 is 2.70 bits per heavy atom. The lowest BCUT2D eigenvalue weighted by Gasteiger charge is -2.17. The van der Waals surface area contributed by atoms with Crippen molar-refractivity contribution in [3.8, 4) is 0 Å². The number of fused-ring (bicyclic) bond motifs is 1. The average Bonchev–Trinajstić information content (AvgIpc) is 3.18. The number of pyridine rings is 1. The van der Waals surface area contributed by atoms with E-state index in [0.29, 0.717) is 27.7 Å². The SMILES string of the molecule is Cc1ccc([C@H](C)NC(=O)Nc2cccc(F)c2)cc1NC(=O)c1cnc2cc(Cl)ccn12. The molecular weight excluding hydrogens is 445 g/mol. The third-order valence-corrected chi connectivity index (χ3v) is 5.38. The lowest BCUT2D eigenvalue weighted by molar-refractivity contribution is 0.102. The fraction of sp³-hybridized carbons (Fsp3) is 0.125. The van der Waals surface area contributed by atoms with Gasteiger partial charge in [-0.2, -0.15) is 0 Å². The summed E-state index contributed by atoms with van der Waals surface area (Å²) in [7, 11) is 0. The number of carbonyl (C=O) groups is 2. The normalized spacial score (nSPS) is 11.8. The molecule has 0 radical (unpaired) electrons. The molecule has 7 nitrogen and oxygen atoms in total. The monoisotopic (exact) mass is 465 g/mol. The molecular formula is C24H21ClFN5O2. The van der Waals surface area contributed by atoms with Crippen LogP contribution in [-0.2, 0) is 0 Å². The number of aromatic nitrogens is 2. The lowest BCUT2D eigenvalue weighted by atomic mass is 10.0. The molecule has 4 aromatic rings. The predicted molar refractivity (Wildman–Crippen MR) is 126 cm³/mol. The number of aryl methyl sites for hydroxylation is 1. The van der Waals surface area contributed by atoms with Gasteiger partial charge in [-0.1, -0.05) is 29.8 Å². The number of amides is 3. The Kier molecular flexibility index (Phi) is 6.28. The summed E-state index contributed by atoms with van der Waals surface area (Å²) in [5.41, 5.74) is 3.55. The average molecular weight is 466 g/mol. The van der Waals surface area contributed by atoms with Crippen LogP contribution in [0.1, 0.15) is 34.6 Å². The summed E-state index contributed by atoms with van der Waals surface area (Å²) in [6, 6.07) is 13.7. The summed E-state index contributed by atoms with van der Waals surface area (Å²) in [6.07, 6.45) is 3.17. The van der Waals surface area contributed by atoms with Crippen LogP contribution in [0.5, 0.6) is 0 Å². The largest absolute Gasteiger partial charge is 0.331 e. The Balaban J connectivity index is 1.47. The standard InChI is InChI=1S/C24H21ClFN5O2/c1-14-6-7-16(15(2)28-24(33)29-19-5-3-4-18(26)12-19)10-20(14)30-23(32)21-13-27-22-11-17(25)8-9-31(21)22/h3-13,15H,1-2H3,(H,30,32)(H2,28,29,33)/t15-/m0/s1. The third-order valence-electron chi connectivity index (χ3n) is 5.15. The van der Waals surface area contributed by atoms with Crippen LogP contribution in [-0.4, -0.2) is 21.3 Å². The van der Waals surface area contributed by atoms with E-state index in [2.05, 4.69) is 20.9 Å². The fourth-order valence-corrected chi connectivity index (χ4v) is 3.52. The van der Waals surface area contributed by atoms with Gasteiger partial charge in [-0.25, -0.2) is 14.2 Å². The maximum Gasteiger partial charge on any atom is 0.319 e. The Labute approximate surface area is 194 Å². The molecule has 3 amide bonds. The third kappa shape index (κ3) is 5.12. The number of anilines is 2. The first-order valence-electron chi connectivity index (χ1n) is 10.2. The van der Waals surface area contributed by atoms with E-state index in [4.69, 9.17) is 11.6 Å². The molecule has 0 aliphatic rings. The van der Waals surface area contributed by atoms with Gasteiger partial charge in [0.15, 0.2) is 0 Å². The summed E-state index contributed by atoms with van der Waals surface area (Å²) < 4.78 is 15.0. The summed E-state index contributed by atoms with van der Waals surface area (Å²) in [6.45, 7) is 3.69. The van der Waals surface area contributed by atoms with Gasteiger partial charge in [0.1, 0.15) is 17.2 Å². The first kappa shape index (κ1) is 22.3. The molecule has 33 heavy (non-hydrogen) atoms. The Morgan fingerprint density at radius 2 is 1.91 bits per heavy atom. The maximum absolute atomic E-state index is 13.3. The zero-order chi connectivity index (χ0) is 23.5. The zero-order valence-electron chi connectivity index (χ0n) is 17.9. The van der Waals surface area contributed by atoms with Gasteiger partial charge >= 0.3 is 6.03 Å². The minimum Gasteiger partial charge on any atom is -0.331 e. The molecule has 1 atom stereocenters. The van der Waals surface area contributed by atoms with Gasteiger partial charge in [0.25, 0.3) is 5.91 Å². The number of hydrogen-bond acceptors (Lipinski definition) is 3. The van der Waals surface area contributed by atoms with Gasteiger partial charge in [0.2, 0.25) is 0 Å². The Hall–Kier alpha value is -3.91. The van der Waals surface area contributed by atoms with Crippen molar-refractivity contribution in [2.45, 2.75) is 19.9 Å². The predicted octanol–water partition coefficient (Wildman–Crippen LogP) is 5.57. The second kappa shape index (κ2) is 9.30. The van der Waals surface area contributed by atoms with Gasteiger partial charge < -0.3 is 16.0 Å². The van der Waals surface area contributed by atoms with Crippen molar-refractivity contribution >= 4 is 40.6 Å². The molecule has 168 valence electrons. The van der Waals surface area contributed by atoms with Crippen LogP contribution in [0.25, 0.3) is 5.65 Å². The molecule has 0 bridgehead atoms. The van der Waals surface area contributed by atoms with Gasteiger partial charge in [-0.15, -0.1) is 0 Å². The summed E-state index contributed by atoms with van der Waals surface area (Å²) >= 11 is 5.99. The number of halogens is 2. The number of imidazole rings is 1. The van der Waals surface area contributed by atoms with Crippen molar-refractivity contribution in [3.63, 3.8) is 0 Å². The highest BCUT2D eigenvalue weighted by atomic mass is 35.5. The molecule has 2 aromatic carbocycles. The highest BCUT2D eigenvalue weighted by Crippen LogP contribution is 2.23. The second-order valence-corrected chi connectivity index (χ2v) is 8.01. The molecule has 0 unspecified atom stereocenters. The molecule has 2 heterocycles. The highest BCUT2D eigenvalue weighted by molar-refractivity contribution is 6.30. The number of urea groups is 1. The van der Waals surface area contributed by atoms with Gasteiger partial charge in [0.05, 0.1) is 12.2 Å². The van der Waals surface area contributed by atoms with Crippen LogP contribution < -0.4 is 16.0 Å². The summed E-state index contributed by atoms with van der Waals surface area (Å²) in [4.78, 5) is 29.4. The van der Waals surface area contributed by atoms with E-state index in [9.17, 15) is 14.0 Å². The van der Waals surface area contributed by atoms with Crippen molar-refractivity contribution in [1.29, 1.82) is 0 Å². The molecule has 3 N–H and O–H groups in total. The molecule has 0 aliphatic heterocycles. The number of hydrogen-bond donors (Lipinski definition) is 3. The van der Waals surface area contributed by atoms with E-state index >= 15 is 0 Å². The van der Waals surface area contributed by atoms with Gasteiger partial charge in [-0.05, 0) is 55.3 Å². The van der Waals surface area contributed by atoms with Crippen LogP contribution in [0.4, 0.5) is 20.6 Å². The van der Waals surface area contributed by atoms with Crippen LogP contribution in [0.15, 0.2) is 67.0 Å². The minimum atomic E-state index is -0.469. The lowest BCUT2D eigenvalue weighted by Crippen LogP contribution is -2.31. The second-order valence-electron chi connectivity index (χ2n) is 7.58. The zero-order valence-corrected chi connectivity index (χ0v) is 18.7. The summed E-state index contributed by atoms with van der Waals surface area (Å²) in [5.74, 6) is -0.761. The topological polar surface area (TPSA) is 87.5 Å². The maximum atomic E-state index is 13.3. The Morgan fingerprint density at radius 1 is 1.09 bits per heavy atom. The van der Waals surface area contributed by atoms with Crippen molar-refractivity contribution in [1.82, 2.24) is 14.7 Å². The van der Waals surface area contributed by atoms with E-state index in [1.165, 1.54) is 24.4 Å². The van der Waals surface area contributed by atoms with E-state index in [1.54, 1.807) is 34.9 Å². The van der Waals surface area contributed by atoms with Crippen LogP contribution >= 0.6 is 11.6 Å². The molecule has 2 aromatic heterocycles. The van der Waals surface area contributed by atoms with E-state index in [0.717, 1.165) is 11.1 Å². The van der Waals surface area contributed by atoms with Crippen LogP contribution in [0.2, 0.25) is 5.02 Å². The molecule has 0 saturated heterocycles. The first-order valence-corrected chi connectivity index (χ1v) is 10.6. The van der Waals surface area contributed by atoms with E-state index < -0.39 is 11.8 Å². The quantitative estimate of drug-likeness (QED) is 0.360. The fourth-order valence-electron chi connectivity index (χ4n) is 3.37. The molecule has 0 fully saturated rings. The Bertz CT molecular complexity index is 1350. The number of nitrogens with zero attached hydrogens (tertiary/aromatic N) is 2. The summed E-state index contributed by atoms with van der Waals surface area (Å²) in [5, 5.41) is 8.86. The number of nitrogens with one attached hydrogen (secondary N) is 3. The molecule has 4 rings (SSSR count). The molecule has 0 spiro atoms. The van der Waals surface area contributed by atoms with Crippen molar-refractivity contribution in [3.05, 3.63) is 94.7 Å². The van der Waals surface area contributed by atoms with Crippen molar-refractivity contribution in [2.75, 3.05) is 10.6 Å². The van der Waals surface area contributed by atoms with Crippen molar-refractivity contribution in [2.24, 2.45) is 0 Å². The van der Waals surface area contributed by atoms with Crippen molar-refractivity contribution < 1.29 is 14.0 Å². The molecule has 0 saturated carbocycles. The molecule has 9 heteroatoms. The van der Waals surface area contributed by atoms with E-state index in [-0.39, 0.29) is 11.9 Å². The minimum absolute atomic E-state index is 0.325. The van der Waals surface area contributed by atoms with Gasteiger partial charge in [-0.3, -0.25) is 9.20 Å². The molecule has 0 aliphatic carbocycles. The number of carbonyl (C=O) groups excluding carboxylic acids is 2. The van der Waals surface area contributed by atoms with E-state index in [1.807, 2.05) is 26.0 Å². The van der Waals surface area contributed by atoms with Gasteiger partial charge in [0, 0.05) is 28.7 Å². The van der Waals surface area contributed by atoms with Crippen LogP contribution in [0.3, 0.4) is 0 Å². The number of rotatable bonds is 5. The van der Waals surface area contributed by atoms with Crippen LogP contribution in [0, 0.1) is 12.7 Å².